The Morgan fingerprint density at radius 3 is 2.23 bits per heavy atom. The van der Waals surface area contributed by atoms with E-state index in [-0.39, 0.29) is 21.0 Å². The summed E-state index contributed by atoms with van der Waals surface area (Å²) in [4.78, 5) is 11.5. The van der Waals surface area contributed by atoms with Crippen LogP contribution >= 0.6 is 0 Å². The fourth-order valence-corrected chi connectivity index (χ4v) is 4.49. The van der Waals surface area contributed by atoms with Crippen LogP contribution in [0.4, 0.5) is 5.69 Å². The standard InChI is InChI=1S/C16H18N2O6S2/c1-11-8-9-12(10-15(11)25(20,21)17-2)18-26(22,23)14-7-5-4-6-13(14)16(19)24-3/h4-10,17-18H,1-3H3. The molecular formula is C16H18N2O6S2. The fraction of sp³-hybridized carbons (Fsp3) is 0.188. The molecule has 140 valence electrons. The van der Waals surface area contributed by atoms with Crippen LogP contribution in [0.2, 0.25) is 0 Å². The number of hydrogen-bond donors (Lipinski definition) is 2. The van der Waals surface area contributed by atoms with Gasteiger partial charge in [-0.15, -0.1) is 0 Å². The highest BCUT2D eigenvalue weighted by Crippen LogP contribution is 2.24. The summed E-state index contributed by atoms with van der Waals surface area (Å²) < 4.78 is 58.5. The molecule has 10 heteroatoms. The zero-order valence-electron chi connectivity index (χ0n) is 14.3. The van der Waals surface area contributed by atoms with Crippen molar-refractivity contribution in [3.05, 3.63) is 53.6 Å². The molecule has 2 aromatic carbocycles. The highest BCUT2D eigenvalue weighted by Gasteiger charge is 2.23. The minimum Gasteiger partial charge on any atom is -0.465 e. The number of nitrogens with one attached hydrogen (secondary N) is 2. The molecule has 26 heavy (non-hydrogen) atoms. The van der Waals surface area contributed by atoms with Gasteiger partial charge in [0.25, 0.3) is 10.0 Å². The molecule has 0 amide bonds. The van der Waals surface area contributed by atoms with Gasteiger partial charge < -0.3 is 4.74 Å². The van der Waals surface area contributed by atoms with E-state index in [2.05, 4.69) is 14.2 Å². The van der Waals surface area contributed by atoms with Gasteiger partial charge in [0, 0.05) is 0 Å². The maximum absolute atomic E-state index is 12.7. The van der Waals surface area contributed by atoms with E-state index in [1.54, 1.807) is 6.92 Å². The van der Waals surface area contributed by atoms with Crippen LogP contribution in [0.15, 0.2) is 52.3 Å². The number of methoxy groups -OCH3 is 1. The molecule has 0 radical (unpaired) electrons. The predicted octanol–water partition coefficient (Wildman–Crippen LogP) is 1.49. The molecule has 0 aliphatic carbocycles. The first-order valence-electron chi connectivity index (χ1n) is 7.37. The van der Waals surface area contributed by atoms with Gasteiger partial charge in [-0.05, 0) is 43.8 Å². The zero-order valence-corrected chi connectivity index (χ0v) is 15.9. The first-order valence-corrected chi connectivity index (χ1v) is 10.3. The number of hydrogen-bond acceptors (Lipinski definition) is 6. The van der Waals surface area contributed by atoms with Crippen molar-refractivity contribution < 1.29 is 26.4 Å². The minimum absolute atomic E-state index is 0.0455. The molecule has 2 N–H and O–H groups in total. The number of ether oxygens (including phenoxy) is 1. The van der Waals surface area contributed by atoms with Gasteiger partial charge in [0.15, 0.2) is 0 Å². The van der Waals surface area contributed by atoms with Crippen LogP contribution in [-0.4, -0.2) is 37.0 Å². The van der Waals surface area contributed by atoms with Crippen LogP contribution < -0.4 is 9.44 Å². The van der Waals surface area contributed by atoms with Crippen LogP contribution in [0.5, 0.6) is 0 Å². The van der Waals surface area contributed by atoms with E-state index in [0.29, 0.717) is 5.56 Å². The van der Waals surface area contributed by atoms with Crippen LogP contribution in [0.1, 0.15) is 15.9 Å². The SMILES string of the molecule is CNS(=O)(=O)c1cc(NS(=O)(=O)c2ccccc2C(=O)OC)ccc1C. The summed E-state index contributed by atoms with van der Waals surface area (Å²) in [5.74, 6) is -0.798. The summed E-state index contributed by atoms with van der Waals surface area (Å²) in [5.41, 5.74) is 0.374. The van der Waals surface area contributed by atoms with Crippen LogP contribution in [0.3, 0.4) is 0 Å². The molecule has 0 saturated heterocycles. The average Bonchev–Trinajstić information content (AvgIpc) is 2.62. The van der Waals surface area contributed by atoms with Gasteiger partial charge in [0.2, 0.25) is 10.0 Å². The van der Waals surface area contributed by atoms with Gasteiger partial charge in [-0.25, -0.2) is 26.4 Å². The Bertz CT molecular complexity index is 1050. The van der Waals surface area contributed by atoms with Gasteiger partial charge in [0.05, 0.1) is 23.3 Å². The first-order chi connectivity index (χ1) is 12.1. The molecular weight excluding hydrogens is 380 g/mol. The molecule has 0 fully saturated rings. The largest absolute Gasteiger partial charge is 0.465 e. The summed E-state index contributed by atoms with van der Waals surface area (Å²) in [7, 11) is -5.49. The van der Waals surface area contributed by atoms with Crippen LogP contribution in [0, 0.1) is 6.92 Å². The molecule has 0 bridgehead atoms. The van der Waals surface area contributed by atoms with Crippen LogP contribution in [-0.2, 0) is 24.8 Å². The fourth-order valence-electron chi connectivity index (χ4n) is 2.25. The molecule has 0 unspecified atom stereocenters. The number of sulfonamides is 2. The van der Waals surface area contributed by atoms with E-state index in [0.717, 1.165) is 7.11 Å². The summed E-state index contributed by atoms with van der Waals surface area (Å²) >= 11 is 0. The maximum atomic E-state index is 12.7. The van der Waals surface area contributed by atoms with Crippen LogP contribution in [0.25, 0.3) is 0 Å². The van der Waals surface area contributed by atoms with Crippen molar-refractivity contribution in [1.29, 1.82) is 0 Å². The number of rotatable bonds is 6. The van der Waals surface area contributed by atoms with E-state index in [4.69, 9.17) is 0 Å². The second-order valence-electron chi connectivity index (χ2n) is 5.28. The molecule has 0 spiro atoms. The molecule has 0 heterocycles. The molecule has 0 atom stereocenters. The van der Waals surface area contributed by atoms with E-state index >= 15 is 0 Å². The number of carbonyl (C=O) groups excluding carboxylic acids is 1. The van der Waals surface area contributed by atoms with Gasteiger partial charge in [-0.2, -0.15) is 0 Å². The highest BCUT2D eigenvalue weighted by atomic mass is 32.2. The minimum atomic E-state index is -4.15. The number of aryl methyl sites for hydroxylation is 1. The predicted molar refractivity (Wildman–Crippen MR) is 96.0 cm³/mol. The Morgan fingerprint density at radius 2 is 1.62 bits per heavy atom. The first kappa shape index (κ1) is 19.9. The van der Waals surface area contributed by atoms with Gasteiger partial charge in [-0.1, -0.05) is 18.2 Å². The number of esters is 1. The van der Waals surface area contributed by atoms with Crippen molar-refractivity contribution >= 4 is 31.7 Å². The monoisotopic (exact) mass is 398 g/mol. The Balaban J connectivity index is 2.50. The molecule has 0 aliphatic rings. The smallest absolute Gasteiger partial charge is 0.339 e. The Hall–Kier alpha value is -2.43. The Morgan fingerprint density at radius 1 is 0.962 bits per heavy atom. The van der Waals surface area contributed by atoms with E-state index in [9.17, 15) is 21.6 Å². The molecule has 2 aromatic rings. The summed E-state index contributed by atoms with van der Waals surface area (Å²) in [6.45, 7) is 1.59. The van der Waals surface area contributed by atoms with Gasteiger partial charge >= 0.3 is 5.97 Å². The van der Waals surface area contributed by atoms with Crippen molar-refractivity contribution in [3.8, 4) is 0 Å². The molecule has 8 nitrogen and oxygen atoms in total. The average molecular weight is 398 g/mol. The van der Waals surface area contributed by atoms with Crippen molar-refractivity contribution in [3.63, 3.8) is 0 Å². The van der Waals surface area contributed by atoms with Crippen molar-refractivity contribution in [2.24, 2.45) is 0 Å². The lowest BCUT2D eigenvalue weighted by molar-refractivity contribution is 0.0596. The lowest BCUT2D eigenvalue weighted by Gasteiger charge is -2.13. The Labute approximate surface area is 152 Å². The second-order valence-corrected chi connectivity index (χ2v) is 8.79. The lowest BCUT2D eigenvalue weighted by atomic mass is 10.2. The van der Waals surface area contributed by atoms with Gasteiger partial charge in [-0.3, -0.25) is 4.72 Å². The summed E-state index contributed by atoms with van der Waals surface area (Å²) in [5, 5.41) is 0. The van der Waals surface area contributed by atoms with Crippen molar-refractivity contribution in [2.75, 3.05) is 18.9 Å². The van der Waals surface area contributed by atoms with Gasteiger partial charge in [0.1, 0.15) is 4.90 Å². The number of benzene rings is 2. The van der Waals surface area contributed by atoms with Crippen molar-refractivity contribution in [1.82, 2.24) is 4.72 Å². The third-order valence-electron chi connectivity index (χ3n) is 3.58. The highest BCUT2D eigenvalue weighted by molar-refractivity contribution is 7.92. The number of carbonyl (C=O) groups is 1. The topological polar surface area (TPSA) is 119 Å². The quantitative estimate of drug-likeness (QED) is 0.712. The maximum Gasteiger partial charge on any atom is 0.339 e. The molecule has 0 aliphatic heterocycles. The third-order valence-corrected chi connectivity index (χ3v) is 6.58. The van der Waals surface area contributed by atoms with E-state index in [1.165, 1.54) is 49.5 Å². The van der Waals surface area contributed by atoms with Crippen molar-refractivity contribution in [2.45, 2.75) is 16.7 Å². The number of anilines is 1. The summed E-state index contributed by atoms with van der Waals surface area (Å²) in [6, 6.07) is 9.68. The Kier molecular flexibility index (Phi) is 5.69. The zero-order chi connectivity index (χ0) is 19.5. The van der Waals surface area contributed by atoms with E-state index < -0.39 is 26.0 Å². The van der Waals surface area contributed by atoms with E-state index in [1.807, 2.05) is 0 Å². The third kappa shape index (κ3) is 4.03. The lowest BCUT2D eigenvalue weighted by Crippen LogP contribution is -2.21. The molecule has 0 saturated carbocycles. The normalized spacial score (nSPS) is 11.8. The molecule has 2 rings (SSSR count). The molecule has 0 aromatic heterocycles. The second kappa shape index (κ2) is 7.44. The summed E-state index contributed by atoms with van der Waals surface area (Å²) in [6.07, 6.45) is 0.